The minimum atomic E-state index is -0.480. The number of likely N-dealkylation sites (N-methyl/N-ethyl adjacent to an activating group) is 1. The maximum atomic E-state index is 11.3. The van der Waals surface area contributed by atoms with Gasteiger partial charge in [-0.1, -0.05) is 6.07 Å². The molecule has 5 nitrogen and oxygen atoms in total. The van der Waals surface area contributed by atoms with E-state index in [0.29, 0.717) is 30.1 Å². The van der Waals surface area contributed by atoms with E-state index >= 15 is 0 Å². The molecule has 0 bridgehead atoms. The summed E-state index contributed by atoms with van der Waals surface area (Å²) in [5.41, 5.74) is 12.8. The average Bonchev–Trinajstić information content (AvgIpc) is 2.25. The van der Waals surface area contributed by atoms with E-state index in [1.807, 2.05) is 11.9 Å². The van der Waals surface area contributed by atoms with Crippen molar-refractivity contribution in [3.8, 4) is 0 Å². The molecule has 0 fully saturated rings. The van der Waals surface area contributed by atoms with Crippen molar-refractivity contribution in [3.63, 3.8) is 0 Å². The predicted octanol–water partition coefficient (Wildman–Crippen LogP) is 0.450. The summed E-state index contributed by atoms with van der Waals surface area (Å²) in [6.45, 7) is 1.20. The molecule has 0 atom stereocenters. The first-order chi connectivity index (χ1) is 7.57. The Morgan fingerprint density at radius 3 is 2.75 bits per heavy atom. The maximum absolute atomic E-state index is 11.3. The Labute approximate surface area is 95.0 Å². The van der Waals surface area contributed by atoms with Crippen molar-refractivity contribution in [2.75, 3.05) is 37.9 Å². The number of rotatable bonds is 5. The Hall–Kier alpha value is -1.75. The molecule has 0 aliphatic heterocycles. The molecule has 16 heavy (non-hydrogen) atoms. The first-order valence-corrected chi connectivity index (χ1v) is 4.96. The largest absolute Gasteiger partial charge is 0.397 e. The third-order valence-corrected chi connectivity index (χ3v) is 2.35. The zero-order chi connectivity index (χ0) is 12.1. The van der Waals surface area contributed by atoms with Crippen LogP contribution in [0.3, 0.4) is 0 Å². The van der Waals surface area contributed by atoms with Gasteiger partial charge in [0.2, 0.25) is 0 Å². The van der Waals surface area contributed by atoms with Gasteiger partial charge in [-0.25, -0.2) is 0 Å². The number of nitrogen functional groups attached to an aromatic ring is 1. The van der Waals surface area contributed by atoms with Gasteiger partial charge in [-0.15, -0.1) is 0 Å². The number of hydrogen-bond donors (Lipinski definition) is 2. The number of ether oxygens (including phenoxy) is 1. The second-order valence-electron chi connectivity index (χ2n) is 3.52. The number of para-hydroxylation sites is 1. The van der Waals surface area contributed by atoms with Crippen LogP contribution < -0.4 is 16.4 Å². The van der Waals surface area contributed by atoms with Crippen molar-refractivity contribution in [1.29, 1.82) is 0 Å². The number of anilines is 2. The highest BCUT2D eigenvalue weighted by molar-refractivity contribution is 6.01. The van der Waals surface area contributed by atoms with Crippen molar-refractivity contribution in [1.82, 2.24) is 0 Å². The van der Waals surface area contributed by atoms with E-state index in [1.165, 1.54) is 0 Å². The van der Waals surface area contributed by atoms with Crippen molar-refractivity contribution in [3.05, 3.63) is 23.8 Å². The van der Waals surface area contributed by atoms with Crippen LogP contribution in [0, 0.1) is 0 Å². The highest BCUT2D eigenvalue weighted by atomic mass is 16.5. The maximum Gasteiger partial charge on any atom is 0.250 e. The SMILES string of the molecule is COCCN(C)c1c(N)cccc1C(N)=O. The highest BCUT2D eigenvalue weighted by Crippen LogP contribution is 2.26. The van der Waals surface area contributed by atoms with E-state index in [0.717, 1.165) is 0 Å². The number of carbonyl (C=O) groups is 1. The van der Waals surface area contributed by atoms with Crippen molar-refractivity contribution < 1.29 is 9.53 Å². The molecule has 0 saturated carbocycles. The number of nitrogens with two attached hydrogens (primary N) is 2. The summed E-state index contributed by atoms with van der Waals surface area (Å²) in [5, 5.41) is 0. The smallest absolute Gasteiger partial charge is 0.250 e. The molecule has 1 aromatic rings. The molecular weight excluding hydrogens is 206 g/mol. The monoisotopic (exact) mass is 223 g/mol. The van der Waals surface area contributed by atoms with Crippen LogP contribution >= 0.6 is 0 Å². The quantitative estimate of drug-likeness (QED) is 0.710. The van der Waals surface area contributed by atoms with Crippen LogP contribution in [0.2, 0.25) is 0 Å². The van der Waals surface area contributed by atoms with Gasteiger partial charge in [0.25, 0.3) is 5.91 Å². The average molecular weight is 223 g/mol. The summed E-state index contributed by atoms with van der Waals surface area (Å²) in [6.07, 6.45) is 0. The van der Waals surface area contributed by atoms with Gasteiger partial charge in [0.15, 0.2) is 0 Å². The van der Waals surface area contributed by atoms with Crippen LogP contribution in [0.25, 0.3) is 0 Å². The van der Waals surface area contributed by atoms with Gasteiger partial charge in [-0.3, -0.25) is 4.79 Å². The van der Waals surface area contributed by atoms with Gasteiger partial charge in [0, 0.05) is 20.7 Å². The summed E-state index contributed by atoms with van der Waals surface area (Å²) in [4.78, 5) is 13.1. The summed E-state index contributed by atoms with van der Waals surface area (Å²) in [7, 11) is 3.47. The van der Waals surface area contributed by atoms with Gasteiger partial charge in [-0.2, -0.15) is 0 Å². The number of amides is 1. The second-order valence-corrected chi connectivity index (χ2v) is 3.52. The fourth-order valence-corrected chi connectivity index (χ4v) is 1.53. The number of benzene rings is 1. The first kappa shape index (κ1) is 12.3. The van der Waals surface area contributed by atoms with Gasteiger partial charge in [-0.05, 0) is 12.1 Å². The van der Waals surface area contributed by atoms with E-state index in [2.05, 4.69) is 0 Å². The van der Waals surface area contributed by atoms with Crippen LogP contribution in [-0.4, -0.2) is 33.2 Å². The lowest BCUT2D eigenvalue weighted by Crippen LogP contribution is -2.26. The zero-order valence-electron chi connectivity index (χ0n) is 9.56. The summed E-state index contributed by atoms with van der Waals surface area (Å²) < 4.78 is 4.98. The van der Waals surface area contributed by atoms with Gasteiger partial charge in [0.05, 0.1) is 23.5 Å². The van der Waals surface area contributed by atoms with E-state index in [4.69, 9.17) is 16.2 Å². The third kappa shape index (κ3) is 2.64. The normalized spacial score (nSPS) is 10.1. The molecule has 4 N–H and O–H groups in total. The number of carbonyl (C=O) groups excluding carboxylic acids is 1. The van der Waals surface area contributed by atoms with Gasteiger partial charge >= 0.3 is 0 Å². The second kappa shape index (κ2) is 5.37. The Kier molecular flexibility index (Phi) is 4.13. The van der Waals surface area contributed by atoms with E-state index in [9.17, 15) is 4.79 Å². The molecule has 0 heterocycles. The number of methoxy groups -OCH3 is 1. The molecule has 0 aliphatic carbocycles. The number of nitrogens with zero attached hydrogens (tertiary/aromatic N) is 1. The molecule has 0 aromatic heterocycles. The summed E-state index contributed by atoms with van der Waals surface area (Å²) in [5.74, 6) is -0.480. The van der Waals surface area contributed by atoms with E-state index in [1.54, 1.807) is 25.3 Å². The van der Waals surface area contributed by atoms with Crippen LogP contribution in [0.4, 0.5) is 11.4 Å². The first-order valence-electron chi connectivity index (χ1n) is 4.96. The lowest BCUT2D eigenvalue weighted by molar-refractivity contribution is 0.100. The molecular formula is C11H17N3O2. The number of hydrogen-bond acceptors (Lipinski definition) is 4. The molecule has 1 amide bonds. The Morgan fingerprint density at radius 1 is 1.50 bits per heavy atom. The lowest BCUT2D eigenvalue weighted by atomic mass is 10.1. The fraction of sp³-hybridized carbons (Fsp3) is 0.364. The van der Waals surface area contributed by atoms with Gasteiger partial charge in [0.1, 0.15) is 0 Å². The van der Waals surface area contributed by atoms with Crippen molar-refractivity contribution in [2.45, 2.75) is 0 Å². The summed E-state index contributed by atoms with van der Waals surface area (Å²) >= 11 is 0. The van der Waals surface area contributed by atoms with E-state index < -0.39 is 5.91 Å². The molecule has 5 heteroatoms. The van der Waals surface area contributed by atoms with Crippen LogP contribution in [0.15, 0.2) is 18.2 Å². The van der Waals surface area contributed by atoms with Crippen LogP contribution in [0.5, 0.6) is 0 Å². The molecule has 1 rings (SSSR count). The Balaban J connectivity index is 3.04. The predicted molar refractivity (Wildman–Crippen MR) is 64.5 cm³/mol. The molecule has 0 aliphatic rings. The summed E-state index contributed by atoms with van der Waals surface area (Å²) in [6, 6.07) is 5.12. The molecule has 0 spiro atoms. The molecule has 1 aromatic carbocycles. The highest BCUT2D eigenvalue weighted by Gasteiger charge is 2.14. The standard InChI is InChI=1S/C11H17N3O2/c1-14(6-7-16-2)10-8(11(13)15)4-3-5-9(10)12/h3-5H,6-7,12H2,1-2H3,(H2,13,15). The third-order valence-electron chi connectivity index (χ3n) is 2.35. The minimum absolute atomic E-state index is 0.429. The zero-order valence-corrected chi connectivity index (χ0v) is 9.56. The number of primary amides is 1. The topological polar surface area (TPSA) is 81.6 Å². The molecule has 0 unspecified atom stereocenters. The Morgan fingerprint density at radius 2 is 2.19 bits per heavy atom. The van der Waals surface area contributed by atoms with Crippen LogP contribution in [-0.2, 0) is 4.74 Å². The van der Waals surface area contributed by atoms with Crippen molar-refractivity contribution in [2.24, 2.45) is 5.73 Å². The fourth-order valence-electron chi connectivity index (χ4n) is 1.53. The minimum Gasteiger partial charge on any atom is -0.397 e. The molecule has 0 radical (unpaired) electrons. The van der Waals surface area contributed by atoms with Crippen LogP contribution in [0.1, 0.15) is 10.4 Å². The van der Waals surface area contributed by atoms with Crippen molar-refractivity contribution >= 4 is 17.3 Å². The Bertz CT molecular complexity index is 379. The molecule has 0 saturated heterocycles. The van der Waals surface area contributed by atoms with Gasteiger partial charge < -0.3 is 21.1 Å². The molecule has 88 valence electrons. The lowest BCUT2D eigenvalue weighted by Gasteiger charge is -2.22. The van der Waals surface area contributed by atoms with E-state index in [-0.39, 0.29) is 0 Å².